The minimum atomic E-state index is 0.206. The molecular formula is C15H30N4O. The van der Waals surface area contributed by atoms with Gasteiger partial charge in [0.25, 0.3) is 0 Å². The molecule has 116 valence electrons. The third kappa shape index (κ3) is 4.04. The summed E-state index contributed by atoms with van der Waals surface area (Å²) >= 11 is 0. The Bertz CT molecular complexity index is 363. The molecule has 20 heavy (non-hydrogen) atoms. The minimum Gasteiger partial charge on any atom is -0.383 e. The van der Waals surface area contributed by atoms with Crippen molar-refractivity contribution in [3.05, 3.63) is 18.2 Å². The van der Waals surface area contributed by atoms with Crippen molar-refractivity contribution in [1.29, 1.82) is 0 Å². The molecule has 1 heterocycles. The highest BCUT2D eigenvalue weighted by Gasteiger charge is 2.26. The second kappa shape index (κ2) is 9.10. The first-order valence-corrected chi connectivity index (χ1v) is 7.68. The van der Waals surface area contributed by atoms with Crippen molar-refractivity contribution in [3.63, 3.8) is 0 Å². The van der Waals surface area contributed by atoms with Gasteiger partial charge in [0.15, 0.2) is 0 Å². The van der Waals surface area contributed by atoms with Gasteiger partial charge in [-0.3, -0.25) is 4.90 Å². The number of hydrogen-bond donors (Lipinski definition) is 1. The molecule has 5 nitrogen and oxygen atoms in total. The van der Waals surface area contributed by atoms with Crippen LogP contribution < -0.4 is 5.73 Å². The fraction of sp³-hybridized carbons (Fsp3) is 0.800. The van der Waals surface area contributed by atoms with Crippen molar-refractivity contribution in [3.8, 4) is 0 Å². The van der Waals surface area contributed by atoms with Crippen LogP contribution in [-0.2, 0) is 11.3 Å². The lowest BCUT2D eigenvalue weighted by Gasteiger charge is -2.37. The third-order valence-electron chi connectivity index (χ3n) is 4.02. The van der Waals surface area contributed by atoms with Crippen LogP contribution in [0, 0.1) is 0 Å². The Labute approximate surface area is 123 Å². The van der Waals surface area contributed by atoms with Crippen LogP contribution in [0.15, 0.2) is 12.5 Å². The van der Waals surface area contributed by atoms with E-state index in [1.807, 2.05) is 12.5 Å². The van der Waals surface area contributed by atoms with Crippen molar-refractivity contribution >= 4 is 0 Å². The number of aromatic nitrogens is 2. The highest BCUT2D eigenvalue weighted by molar-refractivity contribution is 5.07. The minimum absolute atomic E-state index is 0.206. The summed E-state index contributed by atoms with van der Waals surface area (Å²) in [7, 11) is 1.75. The van der Waals surface area contributed by atoms with E-state index in [0.29, 0.717) is 12.6 Å². The predicted molar refractivity (Wildman–Crippen MR) is 82.6 cm³/mol. The van der Waals surface area contributed by atoms with Gasteiger partial charge in [-0.1, -0.05) is 13.8 Å². The highest BCUT2D eigenvalue weighted by Crippen LogP contribution is 2.24. The number of aryl methyl sites for hydroxylation is 1. The molecule has 0 radical (unpaired) electrons. The van der Waals surface area contributed by atoms with Crippen LogP contribution in [0.2, 0.25) is 0 Å². The van der Waals surface area contributed by atoms with Crippen LogP contribution in [0.25, 0.3) is 0 Å². The quantitative estimate of drug-likeness (QED) is 0.713. The lowest BCUT2D eigenvalue weighted by atomic mass is 10.0. The molecule has 0 aliphatic heterocycles. The molecule has 0 saturated heterocycles. The van der Waals surface area contributed by atoms with E-state index in [2.05, 4.69) is 35.2 Å². The Morgan fingerprint density at radius 1 is 1.35 bits per heavy atom. The number of rotatable bonds is 10. The third-order valence-corrected chi connectivity index (χ3v) is 4.02. The molecule has 2 N–H and O–H groups in total. The molecule has 0 aliphatic carbocycles. The second-order valence-corrected chi connectivity index (χ2v) is 5.06. The van der Waals surface area contributed by atoms with Crippen molar-refractivity contribution < 1.29 is 4.74 Å². The van der Waals surface area contributed by atoms with E-state index in [1.165, 1.54) is 5.69 Å². The van der Waals surface area contributed by atoms with Gasteiger partial charge in [-0.25, -0.2) is 4.98 Å². The van der Waals surface area contributed by atoms with Gasteiger partial charge in [-0.15, -0.1) is 0 Å². The van der Waals surface area contributed by atoms with Crippen molar-refractivity contribution in [2.24, 2.45) is 5.73 Å². The average Bonchev–Trinajstić information content (AvgIpc) is 2.94. The predicted octanol–water partition coefficient (Wildman–Crippen LogP) is 2.04. The largest absolute Gasteiger partial charge is 0.383 e. The van der Waals surface area contributed by atoms with Gasteiger partial charge < -0.3 is 15.0 Å². The number of hydrogen-bond acceptors (Lipinski definition) is 4. The Morgan fingerprint density at radius 3 is 2.55 bits per heavy atom. The maximum absolute atomic E-state index is 6.08. The summed E-state index contributed by atoms with van der Waals surface area (Å²) in [6.07, 6.45) is 6.08. The van der Waals surface area contributed by atoms with Gasteiger partial charge in [-0.2, -0.15) is 0 Å². The Kier molecular flexibility index (Phi) is 7.80. The maximum Gasteiger partial charge on any atom is 0.0948 e. The summed E-state index contributed by atoms with van der Waals surface area (Å²) in [6.45, 7) is 9.76. The topological polar surface area (TPSA) is 56.3 Å². The molecule has 0 spiro atoms. The zero-order valence-corrected chi connectivity index (χ0v) is 13.4. The van der Waals surface area contributed by atoms with E-state index >= 15 is 0 Å². The Balaban J connectivity index is 3.00. The lowest BCUT2D eigenvalue weighted by Crippen LogP contribution is -2.43. The molecule has 0 saturated carbocycles. The van der Waals surface area contributed by atoms with Crippen molar-refractivity contribution in [2.45, 2.75) is 52.2 Å². The zero-order chi connectivity index (χ0) is 15.0. The van der Waals surface area contributed by atoms with E-state index < -0.39 is 0 Å². The van der Waals surface area contributed by atoms with Gasteiger partial charge >= 0.3 is 0 Å². The standard InChI is InChI=1S/C15H30N4O/c1-5-13(6-2)19(8-9-20-4)14(10-16)15-11-17-12-18(15)7-3/h11-14H,5-10,16H2,1-4H3. The molecule has 1 aromatic rings. The average molecular weight is 282 g/mol. The molecule has 0 amide bonds. The van der Waals surface area contributed by atoms with E-state index in [9.17, 15) is 0 Å². The normalized spacial score (nSPS) is 13.3. The fourth-order valence-corrected chi connectivity index (χ4v) is 2.85. The van der Waals surface area contributed by atoms with Crippen LogP contribution in [0.5, 0.6) is 0 Å². The summed E-state index contributed by atoms with van der Waals surface area (Å²) in [5, 5.41) is 0. The smallest absolute Gasteiger partial charge is 0.0948 e. The number of methoxy groups -OCH3 is 1. The molecule has 0 aliphatic rings. The van der Waals surface area contributed by atoms with Gasteiger partial charge in [-0.05, 0) is 19.8 Å². The summed E-state index contributed by atoms with van der Waals surface area (Å²) in [5.74, 6) is 0. The van der Waals surface area contributed by atoms with Crippen LogP contribution in [0.3, 0.4) is 0 Å². The monoisotopic (exact) mass is 282 g/mol. The Morgan fingerprint density at radius 2 is 2.05 bits per heavy atom. The number of nitrogens with zero attached hydrogens (tertiary/aromatic N) is 3. The molecular weight excluding hydrogens is 252 g/mol. The summed E-state index contributed by atoms with van der Waals surface area (Å²) in [6, 6.07) is 0.733. The first-order chi connectivity index (χ1) is 9.73. The number of nitrogens with two attached hydrogens (primary N) is 1. The summed E-state index contributed by atoms with van der Waals surface area (Å²) in [5.41, 5.74) is 7.29. The lowest BCUT2D eigenvalue weighted by molar-refractivity contribution is 0.0788. The van der Waals surface area contributed by atoms with E-state index in [1.54, 1.807) is 7.11 Å². The Hall–Kier alpha value is -0.910. The molecule has 0 fully saturated rings. The van der Waals surface area contributed by atoms with Gasteiger partial charge in [0.1, 0.15) is 0 Å². The van der Waals surface area contributed by atoms with E-state index in [0.717, 1.165) is 32.5 Å². The van der Waals surface area contributed by atoms with Crippen LogP contribution in [0.1, 0.15) is 45.3 Å². The molecule has 1 unspecified atom stereocenters. The molecule has 5 heteroatoms. The number of ether oxygens (including phenoxy) is 1. The van der Waals surface area contributed by atoms with Crippen molar-refractivity contribution in [1.82, 2.24) is 14.5 Å². The second-order valence-electron chi connectivity index (χ2n) is 5.06. The van der Waals surface area contributed by atoms with Crippen molar-refractivity contribution in [2.75, 3.05) is 26.8 Å². The molecule has 0 bridgehead atoms. The summed E-state index contributed by atoms with van der Waals surface area (Å²) < 4.78 is 7.46. The van der Waals surface area contributed by atoms with Crippen LogP contribution in [-0.4, -0.2) is 47.3 Å². The zero-order valence-electron chi connectivity index (χ0n) is 13.4. The van der Waals surface area contributed by atoms with Gasteiger partial charge in [0, 0.05) is 39.0 Å². The van der Waals surface area contributed by atoms with E-state index in [4.69, 9.17) is 10.5 Å². The van der Waals surface area contributed by atoms with E-state index in [-0.39, 0.29) is 6.04 Å². The van der Waals surface area contributed by atoms with Gasteiger partial charge in [0.05, 0.1) is 24.7 Å². The first kappa shape index (κ1) is 17.1. The maximum atomic E-state index is 6.08. The fourth-order valence-electron chi connectivity index (χ4n) is 2.85. The van der Waals surface area contributed by atoms with Crippen LogP contribution >= 0.6 is 0 Å². The molecule has 1 atom stereocenters. The molecule has 0 aromatic carbocycles. The highest BCUT2D eigenvalue weighted by atomic mass is 16.5. The van der Waals surface area contributed by atoms with Gasteiger partial charge in [0.2, 0.25) is 0 Å². The molecule has 1 aromatic heterocycles. The van der Waals surface area contributed by atoms with Crippen LogP contribution in [0.4, 0.5) is 0 Å². The molecule has 1 rings (SSSR count). The first-order valence-electron chi connectivity index (χ1n) is 7.68. The number of imidazole rings is 1. The SMILES string of the molecule is CCC(CC)N(CCOC)C(CN)c1cncn1CC. The summed E-state index contributed by atoms with van der Waals surface area (Å²) in [4.78, 5) is 6.76.